The predicted molar refractivity (Wildman–Crippen MR) is 67.0 cm³/mol. The highest BCUT2D eigenvalue weighted by Gasteiger charge is 2.15. The number of benzene rings is 1. The number of aryl methyl sites for hydroxylation is 1. The van der Waals surface area contributed by atoms with Crippen molar-refractivity contribution in [3.63, 3.8) is 0 Å². The van der Waals surface area contributed by atoms with Crippen molar-refractivity contribution in [2.45, 2.75) is 33.2 Å². The van der Waals surface area contributed by atoms with Crippen LogP contribution in [0, 0.1) is 24.2 Å². The molecule has 0 saturated heterocycles. The molecule has 3 heteroatoms. The van der Waals surface area contributed by atoms with E-state index in [1.54, 1.807) is 0 Å². The van der Waals surface area contributed by atoms with E-state index < -0.39 is 5.92 Å². The molecule has 1 aromatic carbocycles. The Kier molecular flexibility index (Phi) is 5.22. The number of nitrogens with zero attached hydrogens (tertiary/aromatic N) is 1. The third-order valence-corrected chi connectivity index (χ3v) is 2.60. The molecule has 1 N–H and O–H groups in total. The molecule has 1 rings (SSSR count). The fraction of sp³-hybridized carbons (Fsp3) is 0.429. The number of nitrogens with one attached hydrogen (secondary N) is 1. The van der Waals surface area contributed by atoms with Crippen molar-refractivity contribution in [1.82, 2.24) is 5.32 Å². The number of carbonyl (C=O) groups excluding carboxylic acids is 1. The van der Waals surface area contributed by atoms with E-state index in [-0.39, 0.29) is 5.91 Å². The summed E-state index contributed by atoms with van der Waals surface area (Å²) in [5.74, 6) is -0.694. The smallest absolute Gasteiger partial charge is 0.237 e. The maximum absolute atomic E-state index is 11.7. The summed E-state index contributed by atoms with van der Waals surface area (Å²) in [6.45, 7) is 4.47. The molecule has 1 amide bonds. The Labute approximate surface area is 102 Å². The van der Waals surface area contributed by atoms with Crippen LogP contribution in [0.4, 0.5) is 0 Å². The molecule has 0 aromatic heterocycles. The van der Waals surface area contributed by atoms with E-state index in [0.717, 1.165) is 12.0 Å². The first-order chi connectivity index (χ1) is 8.17. The van der Waals surface area contributed by atoms with Gasteiger partial charge in [0.25, 0.3) is 0 Å². The molecule has 1 aromatic rings. The first kappa shape index (κ1) is 13.2. The molecule has 0 aliphatic rings. The van der Waals surface area contributed by atoms with Gasteiger partial charge in [0.15, 0.2) is 0 Å². The molecule has 1 unspecified atom stereocenters. The zero-order valence-electron chi connectivity index (χ0n) is 10.4. The Hall–Kier alpha value is -1.82. The van der Waals surface area contributed by atoms with E-state index in [1.165, 1.54) is 5.56 Å². The van der Waals surface area contributed by atoms with Gasteiger partial charge in [0.1, 0.15) is 5.92 Å². The van der Waals surface area contributed by atoms with Gasteiger partial charge in [0.05, 0.1) is 6.07 Å². The molecular formula is C14H18N2O. The van der Waals surface area contributed by atoms with Crippen molar-refractivity contribution < 1.29 is 4.79 Å². The third kappa shape index (κ3) is 4.28. The molecule has 3 nitrogen and oxygen atoms in total. The van der Waals surface area contributed by atoms with Crippen LogP contribution in [-0.4, -0.2) is 5.91 Å². The lowest BCUT2D eigenvalue weighted by atomic mass is 10.0. The standard InChI is InChI=1S/C14H18N2O/c1-3-5-13(9-15)14(17)16-10-12-7-4-6-11(2)8-12/h4,6-8,13H,3,5,10H2,1-2H3,(H,16,17). The summed E-state index contributed by atoms with van der Waals surface area (Å²) in [6.07, 6.45) is 1.46. The predicted octanol–water partition coefficient (Wildman–Crippen LogP) is 2.55. The van der Waals surface area contributed by atoms with E-state index >= 15 is 0 Å². The quantitative estimate of drug-likeness (QED) is 0.845. The Balaban J connectivity index is 2.50. The van der Waals surface area contributed by atoms with Gasteiger partial charge in [-0.3, -0.25) is 4.79 Å². The van der Waals surface area contributed by atoms with Crippen molar-refractivity contribution in [3.05, 3.63) is 35.4 Å². The van der Waals surface area contributed by atoms with Crippen molar-refractivity contribution in [1.29, 1.82) is 5.26 Å². The fourth-order valence-corrected chi connectivity index (χ4v) is 1.68. The van der Waals surface area contributed by atoms with E-state index in [0.29, 0.717) is 13.0 Å². The van der Waals surface area contributed by atoms with Crippen molar-refractivity contribution in [3.8, 4) is 6.07 Å². The summed E-state index contributed by atoms with van der Waals surface area (Å²) < 4.78 is 0. The lowest BCUT2D eigenvalue weighted by molar-refractivity contribution is -0.123. The first-order valence-electron chi connectivity index (χ1n) is 5.90. The Morgan fingerprint density at radius 2 is 2.29 bits per heavy atom. The van der Waals surface area contributed by atoms with E-state index in [1.807, 2.05) is 44.2 Å². The van der Waals surface area contributed by atoms with Crippen LogP contribution in [0.5, 0.6) is 0 Å². The Morgan fingerprint density at radius 3 is 2.88 bits per heavy atom. The van der Waals surface area contributed by atoms with Gasteiger partial charge in [-0.1, -0.05) is 43.2 Å². The highest BCUT2D eigenvalue weighted by molar-refractivity contribution is 5.80. The lowest BCUT2D eigenvalue weighted by Gasteiger charge is -2.09. The van der Waals surface area contributed by atoms with Crippen LogP contribution in [0.25, 0.3) is 0 Å². The summed E-state index contributed by atoms with van der Waals surface area (Å²) in [7, 11) is 0. The molecule has 90 valence electrons. The summed E-state index contributed by atoms with van der Waals surface area (Å²) >= 11 is 0. The summed E-state index contributed by atoms with van der Waals surface area (Å²) in [4.78, 5) is 11.7. The zero-order chi connectivity index (χ0) is 12.7. The third-order valence-electron chi connectivity index (χ3n) is 2.60. The van der Waals surface area contributed by atoms with E-state index in [4.69, 9.17) is 5.26 Å². The van der Waals surface area contributed by atoms with Crippen LogP contribution in [0.15, 0.2) is 24.3 Å². The van der Waals surface area contributed by atoms with Gasteiger partial charge < -0.3 is 5.32 Å². The number of rotatable bonds is 5. The van der Waals surface area contributed by atoms with Crippen molar-refractivity contribution in [2.24, 2.45) is 5.92 Å². The first-order valence-corrected chi connectivity index (χ1v) is 5.90. The van der Waals surface area contributed by atoms with Crippen molar-refractivity contribution >= 4 is 5.91 Å². The van der Waals surface area contributed by atoms with E-state index in [2.05, 4.69) is 5.32 Å². The van der Waals surface area contributed by atoms with Crippen LogP contribution in [0.2, 0.25) is 0 Å². The van der Waals surface area contributed by atoms with Gasteiger partial charge in [-0.05, 0) is 18.9 Å². The number of hydrogen-bond acceptors (Lipinski definition) is 2. The SMILES string of the molecule is CCCC(C#N)C(=O)NCc1cccc(C)c1. The molecule has 0 heterocycles. The second-order valence-corrected chi connectivity index (χ2v) is 4.18. The molecule has 0 spiro atoms. The molecule has 0 aliphatic carbocycles. The summed E-state index contributed by atoms with van der Waals surface area (Å²) in [5, 5.41) is 11.7. The molecule has 0 radical (unpaired) electrons. The van der Waals surface area contributed by atoms with Crippen LogP contribution in [-0.2, 0) is 11.3 Å². The average Bonchev–Trinajstić information content (AvgIpc) is 2.33. The van der Waals surface area contributed by atoms with E-state index in [9.17, 15) is 4.79 Å². The largest absolute Gasteiger partial charge is 0.351 e. The van der Waals surface area contributed by atoms with Gasteiger partial charge in [0, 0.05) is 6.54 Å². The van der Waals surface area contributed by atoms with Crippen LogP contribution in [0.3, 0.4) is 0 Å². The summed E-state index contributed by atoms with van der Waals surface area (Å²) in [6, 6.07) is 10.0. The van der Waals surface area contributed by atoms with Crippen LogP contribution >= 0.6 is 0 Å². The molecule has 0 bridgehead atoms. The average molecular weight is 230 g/mol. The van der Waals surface area contributed by atoms with Crippen LogP contribution < -0.4 is 5.32 Å². The number of nitriles is 1. The highest BCUT2D eigenvalue weighted by atomic mass is 16.1. The minimum Gasteiger partial charge on any atom is -0.351 e. The topological polar surface area (TPSA) is 52.9 Å². The molecule has 0 fully saturated rings. The van der Waals surface area contributed by atoms with Gasteiger partial charge in [-0.2, -0.15) is 5.26 Å². The number of carbonyl (C=O) groups is 1. The monoisotopic (exact) mass is 230 g/mol. The van der Waals surface area contributed by atoms with Gasteiger partial charge in [-0.15, -0.1) is 0 Å². The molecule has 17 heavy (non-hydrogen) atoms. The summed E-state index contributed by atoms with van der Waals surface area (Å²) in [5.41, 5.74) is 2.23. The lowest BCUT2D eigenvalue weighted by Crippen LogP contribution is -2.29. The van der Waals surface area contributed by atoms with Gasteiger partial charge in [-0.25, -0.2) is 0 Å². The Morgan fingerprint density at radius 1 is 1.53 bits per heavy atom. The fourth-order valence-electron chi connectivity index (χ4n) is 1.68. The highest BCUT2D eigenvalue weighted by Crippen LogP contribution is 2.07. The number of amides is 1. The van der Waals surface area contributed by atoms with Gasteiger partial charge in [0.2, 0.25) is 5.91 Å². The maximum Gasteiger partial charge on any atom is 0.237 e. The molecule has 0 saturated carbocycles. The molecule has 0 aliphatic heterocycles. The number of hydrogen-bond donors (Lipinski definition) is 1. The zero-order valence-corrected chi connectivity index (χ0v) is 10.4. The Bertz CT molecular complexity index is 420. The van der Waals surface area contributed by atoms with Gasteiger partial charge >= 0.3 is 0 Å². The normalized spacial score (nSPS) is 11.6. The van der Waals surface area contributed by atoms with Crippen molar-refractivity contribution in [2.75, 3.05) is 0 Å². The minimum absolute atomic E-state index is 0.171. The maximum atomic E-state index is 11.7. The van der Waals surface area contributed by atoms with Crippen LogP contribution in [0.1, 0.15) is 30.9 Å². The minimum atomic E-state index is -0.523. The second kappa shape index (κ2) is 6.70. The second-order valence-electron chi connectivity index (χ2n) is 4.18. The molecule has 1 atom stereocenters. The molecular weight excluding hydrogens is 212 g/mol.